The molecule has 0 bridgehead atoms. The van der Waals surface area contributed by atoms with Crippen molar-refractivity contribution in [3.63, 3.8) is 0 Å². The number of nitrogens with one attached hydrogen (secondary N) is 1. The van der Waals surface area contributed by atoms with E-state index in [-0.39, 0.29) is 5.91 Å². The molecule has 0 fully saturated rings. The summed E-state index contributed by atoms with van der Waals surface area (Å²) in [6.07, 6.45) is 1.82. The maximum atomic E-state index is 12.6. The van der Waals surface area contributed by atoms with Crippen LogP contribution < -0.4 is 14.8 Å². The van der Waals surface area contributed by atoms with E-state index in [1.807, 2.05) is 37.3 Å². The molecule has 4 nitrogen and oxygen atoms in total. The summed E-state index contributed by atoms with van der Waals surface area (Å²) in [7, 11) is 0. The average Bonchev–Trinajstić information content (AvgIpc) is 2.59. The predicted molar refractivity (Wildman–Crippen MR) is 100 cm³/mol. The first kappa shape index (κ1) is 18.3. The van der Waals surface area contributed by atoms with Gasteiger partial charge in [0.05, 0.1) is 18.8 Å². The van der Waals surface area contributed by atoms with Gasteiger partial charge >= 0.3 is 0 Å². The number of hydrogen-bond donors (Lipinski definition) is 1. The van der Waals surface area contributed by atoms with Crippen LogP contribution in [0.1, 0.15) is 37.0 Å². The lowest BCUT2D eigenvalue weighted by molar-refractivity contribution is 0.102. The van der Waals surface area contributed by atoms with Crippen LogP contribution in [0.2, 0.25) is 0 Å². The molecule has 128 valence electrons. The van der Waals surface area contributed by atoms with Crippen molar-refractivity contribution in [2.24, 2.45) is 0 Å². The highest BCUT2D eigenvalue weighted by Gasteiger charge is 2.14. The van der Waals surface area contributed by atoms with Crippen LogP contribution in [0.15, 0.2) is 46.9 Å². The maximum Gasteiger partial charge on any atom is 0.259 e. The van der Waals surface area contributed by atoms with Crippen LogP contribution in [0.4, 0.5) is 5.69 Å². The van der Waals surface area contributed by atoms with E-state index in [0.29, 0.717) is 30.2 Å². The predicted octanol–water partition coefficient (Wildman–Crippen LogP) is 5.28. The van der Waals surface area contributed by atoms with E-state index in [9.17, 15) is 4.79 Å². The molecular formula is C19H22BrNO3. The lowest BCUT2D eigenvalue weighted by Crippen LogP contribution is -2.14. The summed E-state index contributed by atoms with van der Waals surface area (Å²) in [6.45, 7) is 5.30. The van der Waals surface area contributed by atoms with Crippen molar-refractivity contribution in [1.29, 1.82) is 0 Å². The second-order valence-electron chi connectivity index (χ2n) is 5.32. The topological polar surface area (TPSA) is 47.6 Å². The number of carbonyl (C=O) groups is 1. The summed E-state index contributed by atoms with van der Waals surface area (Å²) in [5, 5.41) is 2.90. The minimum Gasteiger partial charge on any atom is -0.494 e. The van der Waals surface area contributed by atoms with Crippen molar-refractivity contribution in [3.05, 3.63) is 52.5 Å². The fourth-order valence-corrected chi connectivity index (χ4v) is 2.46. The second kappa shape index (κ2) is 9.33. The van der Waals surface area contributed by atoms with Crippen molar-refractivity contribution < 1.29 is 14.3 Å². The monoisotopic (exact) mass is 391 g/mol. The van der Waals surface area contributed by atoms with Crippen LogP contribution >= 0.6 is 15.9 Å². The molecule has 0 aliphatic rings. The molecule has 5 heteroatoms. The van der Waals surface area contributed by atoms with Gasteiger partial charge in [-0.15, -0.1) is 0 Å². The minimum atomic E-state index is -0.213. The molecule has 0 heterocycles. The van der Waals surface area contributed by atoms with Gasteiger partial charge in [0, 0.05) is 16.2 Å². The van der Waals surface area contributed by atoms with Crippen LogP contribution in [0.5, 0.6) is 11.5 Å². The Balaban J connectivity index is 2.16. The number of rotatable bonds is 8. The zero-order valence-electron chi connectivity index (χ0n) is 14.0. The van der Waals surface area contributed by atoms with Gasteiger partial charge in [-0.2, -0.15) is 0 Å². The van der Waals surface area contributed by atoms with E-state index in [2.05, 4.69) is 28.2 Å². The van der Waals surface area contributed by atoms with Crippen LogP contribution in [-0.4, -0.2) is 19.1 Å². The lowest BCUT2D eigenvalue weighted by Gasteiger charge is -2.12. The fourth-order valence-electron chi connectivity index (χ4n) is 2.10. The molecule has 0 saturated heterocycles. The molecule has 1 amide bonds. The average molecular weight is 392 g/mol. The Bertz CT molecular complexity index is 688. The summed E-state index contributed by atoms with van der Waals surface area (Å²) in [4.78, 5) is 12.6. The van der Waals surface area contributed by atoms with E-state index in [1.54, 1.807) is 12.1 Å². The fraction of sp³-hybridized carbons (Fsp3) is 0.316. The summed E-state index contributed by atoms with van der Waals surface area (Å²) in [6, 6.07) is 12.8. The standard InChI is InChI=1S/C19H22BrNO3/c1-3-10-23-16-7-5-6-15(13-16)21-19(22)17-12-14(20)8-9-18(17)24-11-4-2/h5-9,12-13H,3-4,10-11H2,1-2H3,(H,21,22). The Morgan fingerprint density at radius 3 is 2.54 bits per heavy atom. The van der Waals surface area contributed by atoms with Crippen molar-refractivity contribution in [2.45, 2.75) is 26.7 Å². The molecule has 0 unspecified atom stereocenters. The Hall–Kier alpha value is -2.01. The van der Waals surface area contributed by atoms with Gasteiger partial charge in [0.2, 0.25) is 0 Å². The van der Waals surface area contributed by atoms with Crippen LogP contribution in [0.3, 0.4) is 0 Å². The van der Waals surface area contributed by atoms with E-state index in [1.165, 1.54) is 0 Å². The van der Waals surface area contributed by atoms with Gasteiger partial charge in [-0.25, -0.2) is 0 Å². The van der Waals surface area contributed by atoms with Gasteiger partial charge in [-0.3, -0.25) is 4.79 Å². The summed E-state index contributed by atoms with van der Waals surface area (Å²) in [5.74, 6) is 1.11. The first-order valence-corrected chi connectivity index (χ1v) is 8.90. The molecule has 24 heavy (non-hydrogen) atoms. The molecule has 0 spiro atoms. The molecule has 2 rings (SSSR count). The normalized spacial score (nSPS) is 10.3. The highest BCUT2D eigenvalue weighted by atomic mass is 79.9. The number of amides is 1. The third-order valence-electron chi connectivity index (χ3n) is 3.21. The number of ether oxygens (including phenoxy) is 2. The molecule has 2 aromatic carbocycles. The number of benzene rings is 2. The quantitative estimate of drug-likeness (QED) is 0.665. The summed E-state index contributed by atoms with van der Waals surface area (Å²) in [5.41, 5.74) is 1.19. The molecule has 0 atom stereocenters. The van der Waals surface area contributed by atoms with E-state index >= 15 is 0 Å². The highest BCUT2D eigenvalue weighted by Crippen LogP contribution is 2.25. The van der Waals surface area contributed by atoms with Gasteiger partial charge < -0.3 is 14.8 Å². The first-order chi connectivity index (χ1) is 11.6. The Morgan fingerprint density at radius 1 is 1.04 bits per heavy atom. The van der Waals surface area contributed by atoms with Gasteiger partial charge in [-0.1, -0.05) is 35.8 Å². The van der Waals surface area contributed by atoms with Gasteiger partial charge in [-0.05, 0) is 43.2 Å². The molecule has 1 N–H and O–H groups in total. The van der Waals surface area contributed by atoms with Crippen molar-refractivity contribution in [1.82, 2.24) is 0 Å². The minimum absolute atomic E-state index is 0.213. The number of carbonyl (C=O) groups excluding carboxylic acids is 1. The smallest absolute Gasteiger partial charge is 0.259 e. The van der Waals surface area contributed by atoms with Crippen LogP contribution in [0, 0.1) is 0 Å². The Kier molecular flexibility index (Phi) is 7.12. The molecule has 0 aliphatic heterocycles. The molecule has 0 radical (unpaired) electrons. The Morgan fingerprint density at radius 2 is 1.79 bits per heavy atom. The van der Waals surface area contributed by atoms with Crippen molar-refractivity contribution >= 4 is 27.5 Å². The molecule has 0 saturated carbocycles. The Labute approximate surface area is 151 Å². The zero-order valence-corrected chi connectivity index (χ0v) is 15.6. The van der Waals surface area contributed by atoms with Gasteiger partial charge in [0.15, 0.2) is 0 Å². The van der Waals surface area contributed by atoms with E-state index in [0.717, 1.165) is 23.1 Å². The van der Waals surface area contributed by atoms with Crippen molar-refractivity contribution in [2.75, 3.05) is 18.5 Å². The summed E-state index contributed by atoms with van der Waals surface area (Å²) >= 11 is 3.40. The van der Waals surface area contributed by atoms with E-state index < -0.39 is 0 Å². The highest BCUT2D eigenvalue weighted by molar-refractivity contribution is 9.10. The third kappa shape index (κ3) is 5.27. The van der Waals surface area contributed by atoms with Gasteiger partial charge in [0.25, 0.3) is 5.91 Å². The van der Waals surface area contributed by atoms with Crippen LogP contribution in [0.25, 0.3) is 0 Å². The van der Waals surface area contributed by atoms with E-state index in [4.69, 9.17) is 9.47 Å². The third-order valence-corrected chi connectivity index (χ3v) is 3.71. The second-order valence-corrected chi connectivity index (χ2v) is 6.24. The molecule has 0 aliphatic carbocycles. The lowest BCUT2D eigenvalue weighted by atomic mass is 10.2. The molecular weight excluding hydrogens is 370 g/mol. The number of hydrogen-bond acceptors (Lipinski definition) is 3. The zero-order chi connectivity index (χ0) is 17.4. The first-order valence-electron chi connectivity index (χ1n) is 8.10. The summed E-state index contributed by atoms with van der Waals surface area (Å²) < 4.78 is 12.1. The van der Waals surface area contributed by atoms with Crippen LogP contribution in [-0.2, 0) is 0 Å². The largest absolute Gasteiger partial charge is 0.494 e. The van der Waals surface area contributed by atoms with Gasteiger partial charge in [0.1, 0.15) is 11.5 Å². The number of anilines is 1. The molecule has 0 aromatic heterocycles. The maximum absolute atomic E-state index is 12.6. The van der Waals surface area contributed by atoms with Crippen molar-refractivity contribution in [3.8, 4) is 11.5 Å². The molecule has 2 aromatic rings. The number of halogens is 1. The SMILES string of the molecule is CCCOc1cccc(NC(=O)c2cc(Br)ccc2OCCC)c1.